The minimum Gasteiger partial charge on any atom is -0.497 e. The van der Waals surface area contributed by atoms with Crippen LogP contribution in [0.1, 0.15) is 22.6 Å². The van der Waals surface area contributed by atoms with Crippen LogP contribution in [0.2, 0.25) is 0 Å². The van der Waals surface area contributed by atoms with Crippen LogP contribution in [0.25, 0.3) is 11.0 Å². The number of fused-ring (bicyclic) bond motifs is 1. The molecule has 0 bridgehead atoms. The maximum absolute atomic E-state index is 12.6. The summed E-state index contributed by atoms with van der Waals surface area (Å²) in [6.07, 6.45) is 0.796. The van der Waals surface area contributed by atoms with E-state index in [1.165, 1.54) is 0 Å². The van der Waals surface area contributed by atoms with Crippen LogP contribution in [0.4, 0.5) is 0 Å². The summed E-state index contributed by atoms with van der Waals surface area (Å²) in [6, 6.07) is 22.9. The Morgan fingerprint density at radius 1 is 1.03 bits per heavy atom. The van der Waals surface area contributed by atoms with E-state index in [-0.39, 0.29) is 5.91 Å². The van der Waals surface area contributed by atoms with Crippen LogP contribution in [-0.2, 0) is 13.1 Å². The fourth-order valence-electron chi connectivity index (χ4n) is 3.50. The van der Waals surface area contributed by atoms with Gasteiger partial charge in [0.1, 0.15) is 17.3 Å². The molecule has 7 heteroatoms. The van der Waals surface area contributed by atoms with Gasteiger partial charge in [-0.15, -0.1) is 0 Å². The molecule has 0 unspecified atom stereocenters. The number of benzene rings is 3. The summed E-state index contributed by atoms with van der Waals surface area (Å²) in [7, 11) is 1.64. The van der Waals surface area contributed by atoms with Gasteiger partial charge in [-0.25, -0.2) is 4.98 Å². The van der Waals surface area contributed by atoms with Crippen LogP contribution in [0.3, 0.4) is 0 Å². The van der Waals surface area contributed by atoms with E-state index in [1.807, 2.05) is 60.7 Å². The van der Waals surface area contributed by atoms with Gasteiger partial charge in [0.2, 0.25) is 0 Å². The lowest BCUT2D eigenvalue weighted by Gasteiger charge is -2.12. The lowest BCUT2D eigenvalue weighted by atomic mass is 10.2. The molecular weight excluding hydrogens is 470 g/mol. The standard InChI is InChI=1S/C25H24BrN3O3/c1-31-20-9-5-10-21(16-20)32-14-6-13-29-23-12-3-2-11-22(23)28-24(29)17-27-25(30)18-7-4-8-19(26)15-18/h2-5,7-12,15-16H,6,13-14,17H2,1H3,(H,27,30). The van der Waals surface area contributed by atoms with Gasteiger partial charge in [0.15, 0.2) is 0 Å². The molecule has 0 aliphatic heterocycles. The van der Waals surface area contributed by atoms with Gasteiger partial charge >= 0.3 is 0 Å². The molecule has 1 heterocycles. The molecule has 0 fully saturated rings. The molecule has 0 radical (unpaired) electrons. The molecular formula is C25H24BrN3O3. The average molecular weight is 494 g/mol. The smallest absolute Gasteiger partial charge is 0.251 e. The Hall–Kier alpha value is -3.32. The number of ether oxygens (including phenoxy) is 2. The lowest BCUT2D eigenvalue weighted by molar-refractivity contribution is 0.0949. The van der Waals surface area contributed by atoms with Gasteiger partial charge in [-0.1, -0.05) is 40.2 Å². The Labute approximate surface area is 195 Å². The number of nitrogens with one attached hydrogen (secondary N) is 1. The summed E-state index contributed by atoms with van der Waals surface area (Å²) >= 11 is 3.41. The van der Waals surface area contributed by atoms with Gasteiger partial charge in [0.05, 0.1) is 31.3 Å². The van der Waals surface area contributed by atoms with Crippen molar-refractivity contribution in [3.63, 3.8) is 0 Å². The van der Waals surface area contributed by atoms with Crippen molar-refractivity contribution in [3.05, 3.63) is 88.7 Å². The van der Waals surface area contributed by atoms with Crippen molar-refractivity contribution in [3.8, 4) is 11.5 Å². The van der Waals surface area contributed by atoms with Crippen LogP contribution >= 0.6 is 15.9 Å². The van der Waals surface area contributed by atoms with Crippen LogP contribution < -0.4 is 14.8 Å². The van der Waals surface area contributed by atoms with E-state index in [1.54, 1.807) is 19.2 Å². The summed E-state index contributed by atoms with van der Waals surface area (Å²) in [4.78, 5) is 17.3. The summed E-state index contributed by atoms with van der Waals surface area (Å²) in [6.45, 7) is 1.63. The van der Waals surface area contributed by atoms with Crippen molar-refractivity contribution in [2.75, 3.05) is 13.7 Å². The van der Waals surface area contributed by atoms with Gasteiger partial charge in [0, 0.05) is 22.6 Å². The highest BCUT2D eigenvalue weighted by molar-refractivity contribution is 9.10. The van der Waals surface area contributed by atoms with Gasteiger partial charge in [0.25, 0.3) is 5.91 Å². The van der Waals surface area contributed by atoms with E-state index in [2.05, 4.69) is 25.8 Å². The van der Waals surface area contributed by atoms with Crippen molar-refractivity contribution in [2.45, 2.75) is 19.5 Å². The van der Waals surface area contributed by atoms with Crippen molar-refractivity contribution in [1.82, 2.24) is 14.9 Å². The molecule has 1 N–H and O–H groups in total. The zero-order chi connectivity index (χ0) is 22.3. The second-order valence-corrected chi connectivity index (χ2v) is 8.16. The number of halogens is 1. The van der Waals surface area contributed by atoms with Gasteiger partial charge in [-0.2, -0.15) is 0 Å². The fourth-order valence-corrected chi connectivity index (χ4v) is 3.90. The zero-order valence-corrected chi connectivity index (χ0v) is 19.3. The number of para-hydroxylation sites is 2. The highest BCUT2D eigenvalue weighted by Crippen LogP contribution is 2.20. The Kier molecular flexibility index (Phi) is 7.07. The molecule has 1 aromatic heterocycles. The van der Waals surface area contributed by atoms with Crippen LogP contribution in [-0.4, -0.2) is 29.2 Å². The van der Waals surface area contributed by atoms with Crippen molar-refractivity contribution in [1.29, 1.82) is 0 Å². The number of nitrogens with zero attached hydrogens (tertiary/aromatic N) is 2. The maximum atomic E-state index is 12.6. The number of imidazole rings is 1. The summed E-state index contributed by atoms with van der Waals surface area (Å²) in [5.74, 6) is 2.23. The third-order valence-corrected chi connectivity index (χ3v) is 5.56. The fraction of sp³-hybridized carbons (Fsp3) is 0.200. The molecule has 0 aliphatic carbocycles. The van der Waals surface area contributed by atoms with E-state index in [0.717, 1.165) is 45.8 Å². The van der Waals surface area contributed by atoms with E-state index in [0.29, 0.717) is 18.7 Å². The number of aromatic nitrogens is 2. The Bertz CT molecular complexity index is 1220. The number of aryl methyl sites for hydroxylation is 1. The first-order valence-corrected chi connectivity index (χ1v) is 11.2. The van der Waals surface area contributed by atoms with Gasteiger partial charge < -0.3 is 19.4 Å². The SMILES string of the molecule is COc1cccc(OCCCn2c(CNC(=O)c3cccc(Br)c3)nc3ccccc32)c1. The Balaban J connectivity index is 1.42. The third-order valence-electron chi connectivity index (χ3n) is 5.06. The molecule has 4 rings (SSSR count). The van der Waals surface area contributed by atoms with Crippen LogP contribution in [0.5, 0.6) is 11.5 Å². The first-order valence-electron chi connectivity index (χ1n) is 10.4. The normalized spacial score (nSPS) is 10.8. The molecule has 0 atom stereocenters. The molecule has 3 aromatic carbocycles. The molecule has 6 nitrogen and oxygen atoms in total. The van der Waals surface area contributed by atoms with E-state index < -0.39 is 0 Å². The average Bonchev–Trinajstić information content (AvgIpc) is 3.18. The Morgan fingerprint density at radius 2 is 1.84 bits per heavy atom. The summed E-state index contributed by atoms with van der Waals surface area (Å²) < 4.78 is 14.1. The number of hydrogen-bond donors (Lipinski definition) is 1. The lowest BCUT2D eigenvalue weighted by Crippen LogP contribution is -2.25. The summed E-state index contributed by atoms with van der Waals surface area (Å²) in [5, 5.41) is 2.98. The largest absolute Gasteiger partial charge is 0.497 e. The number of hydrogen-bond acceptors (Lipinski definition) is 4. The molecule has 0 aliphatic rings. The molecule has 32 heavy (non-hydrogen) atoms. The highest BCUT2D eigenvalue weighted by Gasteiger charge is 2.12. The third kappa shape index (κ3) is 5.29. The maximum Gasteiger partial charge on any atom is 0.251 e. The van der Waals surface area contributed by atoms with E-state index in [4.69, 9.17) is 14.5 Å². The second-order valence-electron chi connectivity index (χ2n) is 7.24. The molecule has 1 amide bonds. The van der Waals surface area contributed by atoms with Gasteiger partial charge in [-0.05, 0) is 48.9 Å². The predicted molar refractivity (Wildman–Crippen MR) is 128 cm³/mol. The number of methoxy groups -OCH3 is 1. The van der Waals surface area contributed by atoms with Crippen LogP contribution in [0, 0.1) is 0 Å². The molecule has 0 saturated carbocycles. The quantitative estimate of drug-likeness (QED) is 0.325. The minimum atomic E-state index is -0.133. The topological polar surface area (TPSA) is 65.4 Å². The molecule has 0 spiro atoms. The first-order chi connectivity index (χ1) is 15.6. The summed E-state index contributed by atoms with van der Waals surface area (Å²) in [5.41, 5.74) is 2.56. The first kappa shape index (κ1) is 21.9. The Morgan fingerprint density at radius 3 is 2.69 bits per heavy atom. The number of rotatable bonds is 9. The van der Waals surface area contributed by atoms with Gasteiger partial charge in [-0.3, -0.25) is 4.79 Å². The predicted octanol–water partition coefficient (Wildman–Crippen LogP) is 5.21. The second kappa shape index (κ2) is 10.3. The highest BCUT2D eigenvalue weighted by atomic mass is 79.9. The van der Waals surface area contributed by atoms with E-state index in [9.17, 15) is 4.79 Å². The number of amides is 1. The minimum absolute atomic E-state index is 0.133. The monoisotopic (exact) mass is 493 g/mol. The number of carbonyl (C=O) groups is 1. The molecule has 164 valence electrons. The van der Waals surface area contributed by atoms with Crippen LogP contribution in [0.15, 0.2) is 77.3 Å². The molecule has 0 saturated heterocycles. The van der Waals surface area contributed by atoms with Crippen molar-refractivity contribution < 1.29 is 14.3 Å². The zero-order valence-electron chi connectivity index (χ0n) is 17.8. The van der Waals surface area contributed by atoms with Crippen molar-refractivity contribution in [2.24, 2.45) is 0 Å². The van der Waals surface area contributed by atoms with E-state index >= 15 is 0 Å². The van der Waals surface area contributed by atoms with Crippen molar-refractivity contribution >= 4 is 32.9 Å². The molecule has 4 aromatic rings. The number of carbonyl (C=O) groups excluding carboxylic acids is 1.